The quantitative estimate of drug-likeness (QED) is 0.326. The molecule has 0 aromatic heterocycles. The van der Waals surface area contributed by atoms with Gasteiger partial charge in [-0.3, -0.25) is 4.79 Å². The van der Waals surface area contributed by atoms with Gasteiger partial charge in [0, 0.05) is 25.3 Å². The van der Waals surface area contributed by atoms with Crippen molar-refractivity contribution in [3.63, 3.8) is 0 Å². The summed E-state index contributed by atoms with van der Waals surface area (Å²) in [5.41, 5.74) is 1.03. The molecule has 29 heavy (non-hydrogen) atoms. The average Bonchev–Trinajstić information content (AvgIpc) is 3.68. The number of methoxy groups -OCH3 is 2. The highest BCUT2D eigenvalue weighted by Gasteiger charge is 2.41. The second kappa shape index (κ2) is 8.51. The number of hydrogen-bond acceptors (Lipinski definition) is 7. The Kier molecular flexibility index (Phi) is 5.82. The third kappa shape index (κ3) is 4.59. The molecule has 2 aromatic carbocycles. The highest BCUT2D eigenvalue weighted by Crippen LogP contribution is 2.32. The molecule has 7 nitrogen and oxygen atoms in total. The number of rotatable bonds is 11. The van der Waals surface area contributed by atoms with Crippen LogP contribution in [0.15, 0.2) is 48.5 Å². The van der Waals surface area contributed by atoms with Gasteiger partial charge < -0.3 is 28.4 Å². The molecule has 2 aliphatic rings. The van der Waals surface area contributed by atoms with Gasteiger partial charge in [0.15, 0.2) is 0 Å². The predicted octanol–water partition coefficient (Wildman–Crippen LogP) is 2.57. The number of carbonyl (C=O) groups excluding carboxylic acids is 1. The van der Waals surface area contributed by atoms with Crippen LogP contribution in [0.4, 0.5) is 0 Å². The Labute approximate surface area is 169 Å². The molecule has 0 amide bonds. The lowest BCUT2D eigenvalue weighted by molar-refractivity contribution is -0.176. The minimum atomic E-state index is -1.55. The van der Waals surface area contributed by atoms with E-state index in [1.165, 1.54) is 14.2 Å². The maximum Gasteiger partial charge on any atom is 0.260 e. The van der Waals surface area contributed by atoms with Gasteiger partial charge in [0.2, 0.25) is 5.78 Å². The van der Waals surface area contributed by atoms with Gasteiger partial charge in [-0.15, -0.1) is 0 Å². The third-order valence-corrected chi connectivity index (χ3v) is 4.90. The van der Waals surface area contributed by atoms with Gasteiger partial charge in [0.1, 0.15) is 36.9 Å². The number of ether oxygens (including phenoxy) is 6. The summed E-state index contributed by atoms with van der Waals surface area (Å²) in [6.45, 7) is 2.49. The minimum Gasteiger partial charge on any atom is -0.491 e. The largest absolute Gasteiger partial charge is 0.491 e. The molecule has 2 fully saturated rings. The molecule has 2 aliphatic heterocycles. The normalized spacial score (nSPS) is 20.2. The first-order valence-corrected chi connectivity index (χ1v) is 9.49. The van der Waals surface area contributed by atoms with E-state index in [1.54, 1.807) is 48.5 Å². The SMILES string of the molecule is COC(OC)(C(=O)c1ccc(OCC2CO2)cc1)c1ccc(OCC2CO2)cc1. The third-order valence-electron chi connectivity index (χ3n) is 4.90. The maximum absolute atomic E-state index is 13.3. The summed E-state index contributed by atoms with van der Waals surface area (Å²) in [4.78, 5) is 13.3. The van der Waals surface area contributed by atoms with E-state index in [1.807, 2.05) is 0 Å². The monoisotopic (exact) mass is 400 g/mol. The van der Waals surface area contributed by atoms with Gasteiger partial charge in [-0.2, -0.15) is 0 Å². The molecule has 2 aromatic rings. The number of Topliss-reactive ketones (excluding diaryl/α,β-unsaturated/α-hetero) is 1. The Morgan fingerprint density at radius 1 is 0.862 bits per heavy atom. The fourth-order valence-electron chi connectivity index (χ4n) is 3.01. The van der Waals surface area contributed by atoms with Crippen LogP contribution in [0.2, 0.25) is 0 Å². The molecule has 0 spiro atoms. The first kappa shape index (κ1) is 19.8. The lowest BCUT2D eigenvalue weighted by Gasteiger charge is -2.30. The van der Waals surface area contributed by atoms with E-state index < -0.39 is 5.79 Å². The summed E-state index contributed by atoms with van der Waals surface area (Å²) in [5, 5.41) is 0. The van der Waals surface area contributed by atoms with E-state index in [0.717, 1.165) is 13.2 Å². The molecule has 2 atom stereocenters. The predicted molar refractivity (Wildman–Crippen MR) is 103 cm³/mol. The van der Waals surface area contributed by atoms with Crippen LogP contribution in [0.25, 0.3) is 0 Å². The number of carbonyl (C=O) groups is 1. The number of benzene rings is 2. The van der Waals surface area contributed by atoms with Crippen LogP contribution >= 0.6 is 0 Å². The summed E-state index contributed by atoms with van der Waals surface area (Å²) in [5.74, 6) is -0.486. The lowest BCUT2D eigenvalue weighted by atomic mass is 9.95. The van der Waals surface area contributed by atoms with Gasteiger partial charge in [-0.05, 0) is 48.5 Å². The molecule has 7 heteroatoms. The van der Waals surface area contributed by atoms with Crippen molar-refractivity contribution in [2.75, 3.05) is 40.6 Å². The van der Waals surface area contributed by atoms with Crippen molar-refractivity contribution in [1.29, 1.82) is 0 Å². The van der Waals surface area contributed by atoms with Crippen LogP contribution in [-0.2, 0) is 24.7 Å². The van der Waals surface area contributed by atoms with Crippen LogP contribution in [-0.4, -0.2) is 58.6 Å². The van der Waals surface area contributed by atoms with Crippen molar-refractivity contribution >= 4 is 5.78 Å². The Bertz CT molecular complexity index is 819. The first-order valence-electron chi connectivity index (χ1n) is 9.49. The van der Waals surface area contributed by atoms with Crippen LogP contribution < -0.4 is 9.47 Å². The van der Waals surface area contributed by atoms with Gasteiger partial charge in [-0.25, -0.2) is 0 Å². The Morgan fingerprint density at radius 2 is 1.31 bits per heavy atom. The smallest absolute Gasteiger partial charge is 0.260 e. The summed E-state index contributed by atoms with van der Waals surface area (Å²) < 4.78 is 32.7. The van der Waals surface area contributed by atoms with E-state index in [0.29, 0.717) is 35.8 Å². The highest BCUT2D eigenvalue weighted by atomic mass is 16.7. The van der Waals surface area contributed by atoms with E-state index in [4.69, 9.17) is 28.4 Å². The molecule has 2 saturated heterocycles. The molecule has 0 radical (unpaired) electrons. The summed E-state index contributed by atoms with van der Waals surface area (Å²) in [6.07, 6.45) is 0.353. The fourth-order valence-corrected chi connectivity index (χ4v) is 3.01. The number of hydrogen-bond donors (Lipinski definition) is 0. The van der Waals surface area contributed by atoms with Crippen LogP contribution in [0, 0.1) is 0 Å². The zero-order valence-electron chi connectivity index (χ0n) is 16.5. The summed E-state index contributed by atoms with van der Waals surface area (Å²) in [7, 11) is 2.90. The maximum atomic E-state index is 13.3. The number of epoxide rings is 2. The molecular weight excluding hydrogens is 376 g/mol. The zero-order valence-corrected chi connectivity index (χ0v) is 16.5. The first-order chi connectivity index (χ1) is 14.1. The summed E-state index contributed by atoms with van der Waals surface area (Å²) >= 11 is 0. The molecule has 0 saturated carbocycles. The van der Waals surface area contributed by atoms with Crippen molar-refractivity contribution < 1.29 is 33.2 Å². The molecule has 2 heterocycles. The van der Waals surface area contributed by atoms with E-state index >= 15 is 0 Å². The molecule has 2 unspecified atom stereocenters. The second-order valence-electron chi connectivity index (χ2n) is 6.94. The van der Waals surface area contributed by atoms with Crippen molar-refractivity contribution in [3.05, 3.63) is 59.7 Å². The summed E-state index contributed by atoms with van der Waals surface area (Å²) in [6, 6.07) is 14.0. The zero-order chi connectivity index (χ0) is 20.3. The van der Waals surface area contributed by atoms with Crippen LogP contribution in [0.5, 0.6) is 11.5 Å². The van der Waals surface area contributed by atoms with Gasteiger partial charge in [0.25, 0.3) is 5.79 Å². The molecule has 154 valence electrons. The van der Waals surface area contributed by atoms with Crippen molar-refractivity contribution in [1.82, 2.24) is 0 Å². The van der Waals surface area contributed by atoms with Gasteiger partial charge in [-0.1, -0.05) is 0 Å². The van der Waals surface area contributed by atoms with Crippen LogP contribution in [0.1, 0.15) is 15.9 Å². The topological polar surface area (TPSA) is 79.1 Å². The van der Waals surface area contributed by atoms with Gasteiger partial charge >= 0.3 is 0 Å². The molecule has 0 N–H and O–H groups in total. The lowest BCUT2D eigenvalue weighted by Crippen LogP contribution is -2.40. The van der Waals surface area contributed by atoms with Crippen LogP contribution in [0.3, 0.4) is 0 Å². The fraction of sp³-hybridized carbons (Fsp3) is 0.409. The Hall–Kier alpha value is -2.45. The molecule has 0 bridgehead atoms. The Morgan fingerprint density at radius 3 is 1.72 bits per heavy atom. The van der Waals surface area contributed by atoms with Crippen molar-refractivity contribution in [2.45, 2.75) is 18.0 Å². The van der Waals surface area contributed by atoms with Gasteiger partial charge in [0.05, 0.1) is 13.2 Å². The standard InChI is InChI=1S/C22H24O7/c1-24-22(25-2,16-5-9-18(10-6-16)27-12-20-14-29-20)21(23)15-3-7-17(8-4-15)26-11-19-13-28-19/h3-10,19-20H,11-14H2,1-2H3. The molecule has 0 aliphatic carbocycles. The molecular formula is C22H24O7. The Balaban J connectivity index is 1.48. The second-order valence-corrected chi connectivity index (χ2v) is 6.94. The highest BCUT2D eigenvalue weighted by molar-refractivity contribution is 6.02. The number of ketones is 1. The van der Waals surface area contributed by atoms with E-state index in [2.05, 4.69) is 0 Å². The van der Waals surface area contributed by atoms with E-state index in [9.17, 15) is 4.79 Å². The molecule has 4 rings (SSSR count). The van der Waals surface area contributed by atoms with Crippen molar-refractivity contribution in [3.8, 4) is 11.5 Å². The minimum absolute atomic E-state index is 0.176. The van der Waals surface area contributed by atoms with E-state index in [-0.39, 0.29) is 18.0 Å². The van der Waals surface area contributed by atoms with Crippen molar-refractivity contribution in [2.24, 2.45) is 0 Å². The average molecular weight is 400 g/mol.